The number of imide groups is 1. The Morgan fingerprint density at radius 3 is 1.89 bits per heavy atom. The van der Waals surface area contributed by atoms with E-state index in [2.05, 4.69) is 68.5 Å². The molecule has 0 unspecified atom stereocenters. The summed E-state index contributed by atoms with van der Waals surface area (Å²) in [4.78, 5) is 55.1. The van der Waals surface area contributed by atoms with Crippen LogP contribution in [0, 0.1) is 0 Å². The van der Waals surface area contributed by atoms with Crippen molar-refractivity contribution in [2.75, 3.05) is 7.05 Å². The first-order valence-electron chi connectivity index (χ1n) is 15.5. The van der Waals surface area contributed by atoms with E-state index in [0.29, 0.717) is 27.5 Å². The van der Waals surface area contributed by atoms with Gasteiger partial charge in [-0.3, -0.25) is 24.5 Å². The number of unbranched alkanes of at least 4 members (excludes halogenated alkanes) is 6. The van der Waals surface area contributed by atoms with E-state index in [9.17, 15) is 19.2 Å². The van der Waals surface area contributed by atoms with Crippen LogP contribution in [-0.2, 0) is 12.8 Å². The molecule has 2 aromatic carbocycles. The van der Waals surface area contributed by atoms with E-state index in [0.717, 1.165) is 86.1 Å². The van der Waals surface area contributed by atoms with Crippen molar-refractivity contribution < 1.29 is 19.2 Å². The third-order valence-corrected chi connectivity index (χ3v) is 12.4. The molecule has 3 amide bonds. The van der Waals surface area contributed by atoms with Crippen LogP contribution in [0.5, 0.6) is 0 Å². The molecule has 10 heteroatoms. The molecule has 3 heterocycles. The number of halogens is 2. The van der Waals surface area contributed by atoms with Gasteiger partial charge in [0.05, 0.1) is 13.1 Å². The molecule has 236 valence electrons. The summed E-state index contributed by atoms with van der Waals surface area (Å²) >= 11 is 10.4. The maximum atomic E-state index is 13.6. The Hall–Kier alpha value is -2.66. The number of hydrogen-bond acceptors (Lipinski definition) is 6. The van der Waals surface area contributed by atoms with Crippen LogP contribution < -0.4 is 10.6 Å². The molecule has 2 N–H and O–H groups in total. The lowest BCUT2D eigenvalue weighted by atomic mass is 9.83. The average Bonchev–Trinajstić information content (AvgIpc) is 3.59. The summed E-state index contributed by atoms with van der Waals surface area (Å²) in [7, 11) is 1.54. The number of carbonyl (C=O) groups is 4. The smallest absolute Gasteiger partial charge is 0.259 e. The minimum Gasteiger partial charge on any atom is -0.355 e. The van der Waals surface area contributed by atoms with Crippen molar-refractivity contribution >= 4 is 89.3 Å². The van der Waals surface area contributed by atoms with Crippen LogP contribution in [0.25, 0.3) is 31.7 Å². The Morgan fingerprint density at radius 1 is 0.778 bits per heavy atom. The number of benzene rings is 2. The highest BCUT2D eigenvalue weighted by molar-refractivity contribution is 9.11. The fraction of sp³-hybridized carbons (Fsp3) is 0.371. The zero-order chi connectivity index (χ0) is 32.2. The van der Waals surface area contributed by atoms with Crippen molar-refractivity contribution in [1.82, 2.24) is 10.6 Å². The lowest BCUT2D eigenvalue weighted by Crippen LogP contribution is -2.36. The van der Waals surface area contributed by atoms with Crippen molar-refractivity contribution in [2.24, 2.45) is 0 Å². The summed E-state index contributed by atoms with van der Waals surface area (Å²) in [6.45, 7) is 4.37. The van der Waals surface area contributed by atoms with E-state index in [1.54, 1.807) is 12.1 Å². The summed E-state index contributed by atoms with van der Waals surface area (Å²) in [5.41, 5.74) is 4.54. The SMILES string of the molecule is CCCCCCc1cc(-c2cc3c4c(c(-c5cc(CCCCCC)c(Br)s5)cc(C(=O)NC)c4c2C=O)C(=O)NC3=O)sc1Br. The maximum Gasteiger partial charge on any atom is 0.259 e. The van der Waals surface area contributed by atoms with Crippen molar-refractivity contribution in [3.8, 4) is 20.9 Å². The fourth-order valence-corrected chi connectivity index (χ4v) is 9.64. The van der Waals surface area contributed by atoms with Gasteiger partial charge in [-0.15, -0.1) is 22.7 Å². The third kappa shape index (κ3) is 6.75. The molecule has 0 radical (unpaired) electrons. The van der Waals surface area contributed by atoms with E-state index in [-0.39, 0.29) is 16.7 Å². The second-order valence-electron chi connectivity index (χ2n) is 11.4. The van der Waals surface area contributed by atoms with E-state index in [1.165, 1.54) is 42.6 Å². The Balaban J connectivity index is 1.73. The number of nitrogens with one attached hydrogen (secondary N) is 2. The number of hydrogen-bond donors (Lipinski definition) is 2. The summed E-state index contributed by atoms with van der Waals surface area (Å²) in [6.07, 6.45) is 11.6. The van der Waals surface area contributed by atoms with E-state index in [4.69, 9.17) is 0 Å². The van der Waals surface area contributed by atoms with Crippen molar-refractivity contribution in [3.05, 3.63) is 65.2 Å². The topological polar surface area (TPSA) is 92.3 Å². The Labute approximate surface area is 288 Å². The maximum absolute atomic E-state index is 13.6. The number of aldehydes is 1. The second kappa shape index (κ2) is 14.8. The first-order chi connectivity index (χ1) is 21.7. The number of amides is 3. The molecule has 6 nitrogen and oxygen atoms in total. The summed E-state index contributed by atoms with van der Waals surface area (Å²) < 4.78 is 1.96. The fourth-order valence-electron chi connectivity index (χ4n) is 6.05. The van der Waals surface area contributed by atoms with Gasteiger partial charge in [0.1, 0.15) is 0 Å². The van der Waals surface area contributed by atoms with Gasteiger partial charge < -0.3 is 5.32 Å². The molecule has 0 spiro atoms. The molecule has 0 aliphatic carbocycles. The van der Waals surface area contributed by atoms with Gasteiger partial charge >= 0.3 is 0 Å². The van der Waals surface area contributed by atoms with Crippen LogP contribution in [0.1, 0.15) is 118 Å². The first-order valence-corrected chi connectivity index (χ1v) is 18.7. The quantitative estimate of drug-likeness (QED) is 0.0759. The van der Waals surface area contributed by atoms with Gasteiger partial charge in [-0.1, -0.05) is 52.4 Å². The molecule has 2 aromatic heterocycles. The molecule has 1 aliphatic rings. The molecule has 45 heavy (non-hydrogen) atoms. The van der Waals surface area contributed by atoms with Gasteiger partial charge in [-0.25, -0.2) is 0 Å². The predicted molar refractivity (Wildman–Crippen MR) is 192 cm³/mol. The van der Waals surface area contributed by atoms with Gasteiger partial charge in [0.15, 0.2) is 6.29 Å². The van der Waals surface area contributed by atoms with Gasteiger partial charge in [0.25, 0.3) is 17.7 Å². The zero-order valence-corrected chi connectivity index (χ0v) is 30.5. The van der Waals surface area contributed by atoms with Crippen molar-refractivity contribution in [2.45, 2.75) is 78.1 Å². The molecule has 0 saturated carbocycles. The Morgan fingerprint density at radius 2 is 1.36 bits per heavy atom. The minimum absolute atomic E-state index is 0.253. The van der Waals surface area contributed by atoms with Gasteiger partial charge in [-0.05, 0) is 92.9 Å². The average molecular weight is 773 g/mol. The van der Waals surface area contributed by atoms with Crippen LogP contribution in [0.2, 0.25) is 0 Å². The highest BCUT2D eigenvalue weighted by Gasteiger charge is 2.34. The highest BCUT2D eigenvalue weighted by Crippen LogP contribution is 2.46. The number of aryl methyl sites for hydroxylation is 2. The minimum atomic E-state index is -0.546. The summed E-state index contributed by atoms with van der Waals surface area (Å²) in [6, 6.07) is 7.54. The number of carbonyl (C=O) groups excluding carboxylic acids is 4. The van der Waals surface area contributed by atoms with Crippen LogP contribution in [-0.4, -0.2) is 31.1 Å². The molecule has 0 saturated heterocycles. The molecular weight excluding hydrogens is 736 g/mol. The molecule has 5 rings (SSSR count). The molecular formula is C35H36Br2N2O4S2. The predicted octanol–water partition coefficient (Wildman–Crippen LogP) is 10.1. The Bertz CT molecular complexity index is 1810. The second-order valence-corrected chi connectivity index (χ2v) is 16.1. The largest absolute Gasteiger partial charge is 0.355 e. The molecule has 0 atom stereocenters. The highest BCUT2D eigenvalue weighted by atomic mass is 79.9. The van der Waals surface area contributed by atoms with Gasteiger partial charge in [0.2, 0.25) is 0 Å². The van der Waals surface area contributed by atoms with E-state index in [1.807, 2.05) is 0 Å². The lowest BCUT2D eigenvalue weighted by Gasteiger charge is -2.23. The van der Waals surface area contributed by atoms with Crippen LogP contribution in [0.3, 0.4) is 0 Å². The van der Waals surface area contributed by atoms with E-state index >= 15 is 0 Å². The van der Waals surface area contributed by atoms with E-state index < -0.39 is 17.7 Å². The van der Waals surface area contributed by atoms with Crippen molar-refractivity contribution in [1.29, 1.82) is 0 Å². The normalized spacial score (nSPS) is 12.6. The monoisotopic (exact) mass is 770 g/mol. The van der Waals surface area contributed by atoms with Crippen LogP contribution in [0.4, 0.5) is 0 Å². The van der Waals surface area contributed by atoms with Crippen LogP contribution in [0.15, 0.2) is 31.8 Å². The van der Waals surface area contributed by atoms with Crippen molar-refractivity contribution in [3.63, 3.8) is 0 Å². The molecule has 1 aliphatic heterocycles. The molecule has 0 bridgehead atoms. The van der Waals surface area contributed by atoms with Crippen LogP contribution >= 0.6 is 54.5 Å². The third-order valence-electron chi connectivity index (χ3n) is 8.38. The van der Waals surface area contributed by atoms with Gasteiger partial charge in [0, 0.05) is 55.4 Å². The van der Waals surface area contributed by atoms with Gasteiger partial charge in [-0.2, -0.15) is 0 Å². The standard InChI is InChI=1S/C35H36Br2N2O4S2/c1-4-6-8-10-12-19-14-26(44-31(19)36)21-16-24-29-28(25(21)18-40)23(33(41)38-3)17-22(30(29)35(43)39-34(24)42)27-15-20(32(37)45-27)13-11-9-7-5-2/h14-18H,4-13H2,1-3H3,(H,38,41)(H,39,42,43). The number of thiophene rings is 2. The summed E-state index contributed by atoms with van der Waals surface area (Å²) in [5.74, 6) is -1.48. The zero-order valence-electron chi connectivity index (χ0n) is 25.7. The number of rotatable bonds is 14. The lowest BCUT2D eigenvalue weighted by molar-refractivity contribution is 0.0843. The molecule has 0 fully saturated rings. The first kappa shape index (κ1) is 33.7. The summed E-state index contributed by atoms with van der Waals surface area (Å²) in [5, 5.41) is 5.91. The molecule has 4 aromatic rings. The Kier molecular flexibility index (Phi) is 11.1.